The number of allylic oxidation sites excluding steroid dienone is 2. The summed E-state index contributed by atoms with van der Waals surface area (Å²) in [5, 5.41) is 2.81. The van der Waals surface area contributed by atoms with Gasteiger partial charge in [-0.2, -0.15) is 13.2 Å². The molecule has 0 radical (unpaired) electrons. The van der Waals surface area contributed by atoms with Crippen molar-refractivity contribution in [2.75, 3.05) is 6.61 Å². The molecule has 116 valence electrons. The van der Waals surface area contributed by atoms with Crippen LogP contribution >= 0.6 is 15.9 Å². The number of nitrogens with one attached hydrogen (secondary N) is 1. The molecule has 0 aromatic heterocycles. The summed E-state index contributed by atoms with van der Waals surface area (Å²) < 4.78 is 45.6. The van der Waals surface area contributed by atoms with Crippen molar-refractivity contribution in [2.45, 2.75) is 24.7 Å². The normalized spacial score (nSPS) is 27.1. The van der Waals surface area contributed by atoms with Crippen LogP contribution in [0.25, 0.3) is 0 Å². The van der Waals surface area contributed by atoms with Crippen molar-refractivity contribution in [3.8, 4) is 0 Å². The fourth-order valence-electron chi connectivity index (χ4n) is 2.40. The van der Waals surface area contributed by atoms with Crippen molar-refractivity contribution in [2.24, 2.45) is 11.7 Å². The molecule has 0 saturated carbocycles. The van der Waals surface area contributed by atoms with Crippen LogP contribution < -0.4 is 11.1 Å². The lowest BCUT2D eigenvalue weighted by molar-refractivity contribution is -0.198. The smallest absolute Gasteiger partial charge is 0.421 e. The SMILES string of the molecule is CCOC(=O)C(N)(C1=CNC2C=C(Br)C=CC12)C(F)(F)F. The first-order valence-electron chi connectivity index (χ1n) is 6.26. The largest absolute Gasteiger partial charge is 0.464 e. The molecule has 0 spiro atoms. The number of halogens is 4. The van der Waals surface area contributed by atoms with E-state index in [9.17, 15) is 18.0 Å². The number of hydrogen-bond donors (Lipinski definition) is 2. The molecule has 0 aromatic carbocycles. The molecule has 2 rings (SSSR count). The number of esters is 1. The molecule has 3 atom stereocenters. The van der Waals surface area contributed by atoms with E-state index in [0.717, 1.165) is 10.7 Å². The minimum absolute atomic E-state index is 0.177. The highest BCUT2D eigenvalue weighted by Gasteiger charge is 2.63. The minimum atomic E-state index is -4.95. The van der Waals surface area contributed by atoms with E-state index >= 15 is 0 Å². The predicted octanol–water partition coefficient (Wildman–Crippen LogP) is 2.13. The number of fused-ring (bicyclic) bond motifs is 1. The average Bonchev–Trinajstić information content (AvgIpc) is 2.79. The van der Waals surface area contributed by atoms with Crippen molar-refractivity contribution in [1.29, 1.82) is 0 Å². The highest BCUT2D eigenvalue weighted by atomic mass is 79.9. The van der Waals surface area contributed by atoms with E-state index in [0.29, 0.717) is 0 Å². The van der Waals surface area contributed by atoms with Gasteiger partial charge in [-0.3, -0.25) is 0 Å². The third-order valence-corrected chi connectivity index (χ3v) is 4.01. The topological polar surface area (TPSA) is 64.3 Å². The summed E-state index contributed by atoms with van der Waals surface area (Å²) in [4.78, 5) is 11.9. The molecule has 21 heavy (non-hydrogen) atoms. The van der Waals surface area contributed by atoms with E-state index in [-0.39, 0.29) is 18.2 Å². The van der Waals surface area contributed by atoms with E-state index < -0.39 is 23.6 Å². The first kappa shape index (κ1) is 16.1. The molecule has 0 aromatic rings. The molecule has 0 fully saturated rings. The Labute approximate surface area is 128 Å². The molecule has 2 aliphatic rings. The number of alkyl halides is 3. The molecule has 1 aliphatic heterocycles. The molecule has 8 heteroatoms. The second-order valence-corrected chi connectivity index (χ2v) is 5.67. The van der Waals surface area contributed by atoms with E-state index in [4.69, 9.17) is 5.73 Å². The van der Waals surface area contributed by atoms with Crippen LogP contribution in [0.5, 0.6) is 0 Å². The van der Waals surface area contributed by atoms with Crippen LogP contribution in [0.4, 0.5) is 13.2 Å². The maximum Gasteiger partial charge on any atom is 0.421 e. The van der Waals surface area contributed by atoms with Gasteiger partial charge in [0.15, 0.2) is 0 Å². The van der Waals surface area contributed by atoms with Crippen LogP contribution in [0, 0.1) is 5.92 Å². The van der Waals surface area contributed by atoms with Gasteiger partial charge in [-0.25, -0.2) is 4.79 Å². The van der Waals surface area contributed by atoms with Gasteiger partial charge in [0, 0.05) is 10.4 Å². The van der Waals surface area contributed by atoms with Gasteiger partial charge in [-0.1, -0.05) is 28.1 Å². The summed E-state index contributed by atoms with van der Waals surface area (Å²) in [6, 6.07) is -0.376. The molecule has 1 heterocycles. The fourth-order valence-corrected chi connectivity index (χ4v) is 2.83. The first-order chi connectivity index (χ1) is 9.71. The van der Waals surface area contributed by atoms with Crippen LogP contribution in [-0.4, -0.2) is 30.3 Å². The van der Waals surface area contributed by atoms with Gasteiger partial charge in [-0.05, 0) is 24.8 Å². The molecular formula is C13H14BrF3N2O2. The van der Waals surface area contributed by atoms with Crippen molar-refractivity contribution in [3.05, 3.63) is 34.5 Å². The van der Waals surface area contributed by atoms with Crippen molar-refractivity contribution < 1.29 is 22.7 Å². The lowest BCUT2D eigenvalue weighted by Crippen LogP contribution is -2.62. The summed E-state index contributed by atoms with van der Waals surface area (Å²) in [6.45, 7) is 1.25. The van der Waals surface area contributed by atoms with Crippen molar-refractivity contribution in [1.82, 2.24) is 5.32 Å². The summed E-state index contributed by atoms with van der Waals surface area (Å²) in [6.07, 6.45) is 1.13. The van der Waals surface area contributed by atoms with Gasteiger partial charge >= 0.3 is 12.1 Å². The van der Waals surface area contributed by atoms with Crippen LogP contribution in [0.3, 0.4) is 0 Å². The molecule has 4 nitrogen and oxygen atoms in total. The summed E-state index contributed by atoms with van der Waals surface area (Å²) >= 11 is 3.25. The Hall–Kier alpha value is -1.28. The number of hydrogen-bond acceptors (Lipinski definition) is 4. The summed E-state index contributed by atoms with van der Waals surface area (Å²) in [7, 11) is 0. The van der Waals surface area contributed by atoms with Gasteiger partial charge in [0.2, 0.25) is 5.54 Å². The van der Waals surface area contributed by atoms with Crippen LogP contribution in [0.2, 0.25) is 0 Å². The lowest BCUT2D eigenvalue weighted by atomic mass is 9.79. The Morgan fingerprint density at radius 1 is 1.52 bits per heavy atom. The second kappa shape index (κ2) is 5.49. The standard InChI is InChI=1S/C13H14BrF3N2O2/c1-2-21-11(20)12(18,13(15,16)17)9-6-19-10-5-7(14)3-4-8(9)10/h3-6,8,10,19H,2,18H2,1H3. The number of ether oxygens (including phenoxy) is 1. The van der Waals surface area contributed by atoms with Gasteiger partial charge in [0.25, 0.3) is 0 Å². The third-order valence-electron chi connectivity index (χ3n) is 3.48. The lowest BCUT2D eigenvalue weighted by Gasteiger charge is -2.33. The predicted molar refractivity (Wildman–Crippen MR) is 74.3 cm³/mol. The van der Waals surface area contributed by atoms with Crippen LogP contribution in [0.15, 0.2) is 34.5 Å². The van der Waals surface area contributed by atoms with Crippen LogP contribution in [0.1, 0.15) is 6.92 Å². The monoisotopic (exact) mass is 366 g/mol. The quantitative estimate of drug-likeness (QED) is 0.751. The van der Waals surface area contributed by atoms with E-state index in [1.165, 1.54) is 6.92 Å². The number of carbonyl (C=O) groups is 1. The fraction of sp³-hybridized carbons (Fsp3) is 0.462. The van der Waals surface area contributed by atoms with Crippen molar-refractivity contribution >= 4 is 21.9 Å². The highest BCUT2D eigenvalue weighted by molar-refractivity contribution is 9.11. The third kappa shape index (κ3) is 2.62. The Morgan fingerprint density at radius 2 is 2.19 bits per heavy atom. The molecular weight excluding hydrogens is 353 g/mol. The molecule has 3 unspecified atom stereocenters. The average molecular weight is 367 g/mol. The summed E-state index contributed by atoms with van der Waals surface area (Å²) in [5.41, 5.74) is 2.08. The minimum Gasteiger partial charge on any atom is -0.464 e. The summed E-state index contributed by atoms with van der Waals surface area (Å²) in [5.74, 6) is -2.14. The maximum absolute atomic E-state index is 13.4. The van der Waals surface area contributed by atoms with Gasteiger partial charge in [-0.15, -0.1) is 0 Å². The number of rotatable bonds is 3. The first-order valence-corrected chi connectivity index (χ1v) is 7.06. The molecule has 0 amide bonds. The van der Waals surface area contributed by atoms with Gasteiger partial charge < -0.3 is 15.8 Å². The van der Waals surface area contributed by atoms with E-state index in [1.54, 1.807) is 18.2 Å². The highest BCUT2D eigenvalue weighted by Crippen LogP contribution is 2.43. The van der Waals surface area contributed by atoms with Crippen molar-refractivity contribution in [3.63, 3.8) is 0 Å². The Morgan fingerprint density at radius 3 is 2.76 bits per heavy atom. The Balaban J connectivity index is 2.40. The van der Waals surface area contributed by atoms with Gasteiger partial charge in [0.05, 0.1) is 12.6 Å². The van der Waals surface area contributed by atoms with E-state index in [1.807, 2.05) is 0 Å². The maximum atomic E-state index is 13.4. The van der Waals surface area contributed by atoms with Gasteiger partial charge in [0.1, 0.15) is 0 Å². The zero-order valence-corrected chi connectivity index (χ0v) is 12.7. The molecule has 0 bridgehead atoms. The Kier molecular flexibility index (Phi) is 4.21. The second-order valence-electron chi connectivity index (χ2n) is 4.75. The molecule has 3 N–H and O–H groups in total. The van der Waals surface area contributed by atoms with Crippen LogP contribution in [-0.2, 0) is 9.53 Å². The van der Waals surface area contributed by atoms with E-state index in [2.05, 4.69) is 26.0 Å². The zero-order valence-electron chi connectivity index (χ0n) is 11.1. The molecule has 1 aliphatic carbocycles. The number of nitrogens with two attached hydrogens (primary N) is 1. The number of carbonyl (C=O) groups excluding carboxylic acids is 1. The molecule has 0 saturated heterocycles. The Bertz CT molecular complexity index is 542. The zero-order chi connectivity index (χ0) is 15.8.